The van der Waals surface area contributed by atoms with Crippen molar-refractivity contribution in [2.24, 2.45) is 5.10 Å². The van der Waals surface area contributed by atoms with Crippen molar-refractivity contribution in [1.29, 1.82) is 0 Å². The van der Waals surface area contributed by atoms with Crippen molar-refractivity contribution >= 4 is 38.5 Å². The molecule has 0 aliphatic heterocycles. The van der Waals surface area contributed by atoms with Gasteiger partial charge in [0.15, 0.2) is 0 Å². The van der Waals surface area contributed by atoms with Gasteiger partial charge in [0.2, 0.25) is 5.13 Å². The number of aromatic nitrogens is 1. The molecule has 8 heteroatoms. The summed E-state index contributed by atoms with van der Waals surface area (Å²) in [5.74, 6) is 0. The van der Waals surface area contributed by atoms with Crippen LogP contribution in [0.15, 0.2) is 58.4 Å². The van der Waals surface area contributed by atoms with E-state index in [1.54, 1.807) is 6.21 Å². The zero-order valence-corrected chi connectivity index (χ0v) is 12.5. The topological polar surface area (TPSA) is 97.5 Å². The highest BCUT2D eigenvalue weighted by Crippen LogP contribution is 2.24. The number of hydrazone groups is 1. The highest BCUT2D eigenvalue weighted by atomic mass is 32.1. The normalized spacial score (nSPS) is 11.0. The van der Waals surface area contributed by atoms with Crippen LogP contribution in [0.3, 0.4) is 0 Å². The van der Waals surface area contributed by atoms with Crippen LogP contribution in [0, 0.1) is 10.1 Å². The first-order valence-electron chi connectivity index (χ1n) is 6.57. The van der Waals surface area contributed by atoms with Gasteiger partial charge in [0, 0.05) is 16.8 Å². The number of nitrogens with zero attached hydrogens (tertiary/aromatic N) is 3. The largest absolute Gasteiger partial charge is 0.281 e. The van der Waals surface area contributed by atoms with Crippen LogP contribution in [0.2, 0.25) is 0 Å². The molecule has 3 rings (SSSR count). The van der Waals surface area contributed by atoms with Gasteiger partial charge in [-0.15, -0.1) is 0 Å². The summed E-state index contributed by atoms with van der Waals surface area (Å²) in [5, 5.41) is 15.3. The molecular weight excluding hydrogens is 316 g/mol. The fourth-order valence-corrected chi connectivity index (χ4v) is 2.74. The Balaban J connectivity index is 1.88. The summed E-state index contributed by atoms with van der Waals surface area (Å²) in [7, 11) is 0. The number of nitrogens with one attached hydrogen (secondary N) is 1. The molecule has 0 aliphatic carbocycles. The SMILES string of the molecule is O=c1nc(N/N=C/c2ccccc2)sc2ccc([N+](=O)[O-])cc12. The molecule has 114 valence electrons. The Labute approximate surface area is 134 Å². The third kappa shape index (κ3) is 3.38. The van der Waals surface area contributed by atoms with Gasteiger partial charge in [0.25, 0.3) is 11.2 Å². The molecule has 0 radical (unpaired) electrons. The molecule has 23 heavy (non-hydrogen) atoms. The van der Waals surface area contributed by atoms with Crippen LogP contribution in [0.4, 0.5) is 10.8 Å². The average molecular weight is 326 g/mol. The molecule has 2 aromatic carbocycles. The third-order valence-electron chi connectivity index (χ3n) is 2.99. The number of anilines is 1. The van der Waals surface area contributed by atoms with Crippen molar-refractivity contribution in [3.8, 4) is 0 Å². The van der Waals surface area contributed by atoms with Gasteiger partial charge in [-0.3, -0.25) is 20.3 Å². The molecule has 0 atom stereocenters. The number of fused-ring (bicyclic) bond motifs is 1. The number of nitro groups is 1. The zero-order chi connectivity index (χ0) is 16.2. The van der Waals surface area contributed by atoms with Crippen LogP contribution in [0.5, 0.6) is 0 Å². The smallest absolute Gasteiger partial charge is 0.267 e. The van der Waals surface area contributed by atoms with Crippen molar-refractivity contribution in [3.05, 3.63) is 74.6 Å². The Morgan fingerprint density at radius 2 is 2.00 bits per heavy atom. The molecule has 7 nitrogen and oxygen atoms in total. The Bertz CT molecular complexity index is 954. The van der Waals surface area contributed by atoms with Crippen molar-refractivity contribution in [1.82, 2.24) is 4.98 Å². The van der Waals surface area contributed by atoms with E-state index in [9.17, 15) is 14.9 Å². The highest BCUT2D eigenvalue weighted by Gasteiger charge is 2.10. The van der Waals surface area contributed by atoms with Gasteiger partial charge in [-0.25, -0.2) is 0 Å². The number of benzene rings is 2. The molecule has 3 aromatic rings. The van der Waals surface area contributed by atoms with Crippen LogP contribution in [0.1, 0.15) is 5.56 Å². The first-order valence-corrected chi connectivity index (χ1v) is 7.38. The fraction of sp³-hybridized carbons (Fsp3) is 0. The second-order valence-electron chi connectivity index (χ2n) is 4.54. The number of nitro benzene ring substituents is 1. The maximum Gasteiger partial charge on any atom is 0.281 e. The van der Waals surface area contributed by atoms with Gasteiger partial charge in [0.05, 0.1) is 16.5 Å². The van der Waals surface area contributed by atoms with E-state index in [-0.39, 0.29) is 11.1 Å². The second kappa shape index (κ2) is 6.32. The minimum Gasteiger partial charge on any atom is -0.267 e. The quantitative estimate of drug-likeness (QED) is 0.451. The lowest BCUT2D eigenvalue weighted by atomic mass is 10.2. The second-order valence-corrected chi connectivity index (χ2v) is 5.57. The first kappa shape index (κ1) is 14.8. The molecule has 0 saturated carbocycles. The highest BCUT2D eigenvalue weighted by molar-refractivity contribution is 7.21. The van der Waals surface area contributed by atoms with Crippen molar-refractivity contribution in [2.45, 2.75) is 0 Å². The number of hydrogen-bond acceptors (Lipinski definition) is 7. The standard InChI is InChI=1S/C15H10N4O3S/c20-14-12-8-11(19(21)22)6-7-13(12)23-15(17-14)18-16-9-10-4-2-1-3-5-10/h1-9H,(H,17,18,20)/b16-9+. The lowest BCUT2D eigenvalue weighted by Gasteiger charge is -2.00. The minimum absolute atomic E-state index is 0.133. The number of hydrogen-bond donors (Lipinski definition) is 1. The molecule has 1 N–H and O–H groups in total. The van der Waals surface area contributed by atoms with Crippen molar-refractivity contribution in [2.75, 3.05) is 5.43 Å². The van der Waals surface area contributed by atoms with Crippen molar-refractivity contribution in [3.63, 3.8) is 0 Å². The van der Waals surface area contributed by atoms with E-state index in [4.69, 9.17) is 0 Å². The predicted molar refractivity (Wildman–Crippen MR) is 90.2 cm³/mol. The molecule has 0 spiro atoms. The molecule has 0 amide bonds. The molecule has 0 bridgehead atoms. The maximum atomic E-state index is 12.0. The Hall–Kier alpha value is -3.13. The number of non-ortho nitro benzene ring substituents is 1. The average Bonchev–Trinajstić information content (AvgIpc) is 2.55. The van der Waals surface area contributed by atoms with Crippen LogP contribution in [0.25, 0.3) is 10.1 Å². The van der Waals surface area contributed by atoms with Gasteiger partial charge >= 0.3 is 0 Å². The van der Waals surface area contributed by atoms with E-state index in [0.717, 1.165) is 5.56 Å². The van der Waals surface area contributed by atoms with E-state index in [2.05, 4.69) is 15.5 Å². The summed E-state index contributed by atoms with van der Waals surface area (Å²) < 4.78 is 0.605. The molecule has 0 aliphatic rings. The number of rotatable bonds is 4. The van der Waals surface area contributed by atoms with Crippen LogP contribution in [-0.2, 0) is 0 Å². The van der Waals surface area contributed by atoms with Crippen LogP contribution < -0.4 is 11.0 Å². The van der Waals surface area contributed by atoms with E-state index >= 15 is 0 Å². The summed E-state index contributed by atoms with van der Waals surface area (Å²) >= 11 is 1.20. The zero-order valence-electron chi connectivity index (χ0n) is 11.7. The van der Waals surface area contributed by atoms with Gasteiger partial charge in [0.1, 0.15) is 0 Å². The summed E-state index contributed by atoms with van der Waals surface area (Å²) in [6, 6.07) is 13.6. The lowest BCUT2D eigenvalue weighted by molar-refractivity contribution is -0.384. The minimum atomic E-state index is -0.542. The first-order chi connectivity index (χ1) is 11.1. The van der Waals surface area contributed by atoms with Crippen LogP contribution in [-0.4, -0.2) is 16.1 Å². The van der Waals surface area contributed by atoms with Gasteiger partial charge in [-0.2, -0.15) is 10.1 Å². The van der Waals surface area contributed by atoms with E-state index < -0.39 is 10.5 Å². The van der Waals surface area contributed by atoms with Crippen LogP contribution >= 0.6 is 11.3 Å². The predicted octanol–water partition coefficient (Wildman–Crippen LogP) is 3.01. The summed E-state index contributed by atoms with van der Waals surface area (Å²) in [5.41, 5.74) is 2.95. The van der Waals surface area contributed by atoms with Gasteiger partial charge in [-0.05, 0) is 11.6 Å². The molecule has 1 aromatic heterocycles. The molecule has 0 fully saturated rings. The van der Waals surface area contributed by atoms with E-state index in [1.165, 1.54) is 29.5 Å². The lowest BCUT2D eigenvalue weighted by Crippen LogP contribution is -2.07. The van der Waals surface area contributed by atoms with Crippen molar-refractivity contribution < 1.29 is 4.92 Å². The molecular formula is C15H10N4O3S. The molecule has 1 heterocycles. The summed E-state index contributed by atoms with van der Waals surface area (Å²) in [4.78, 5) is 26.0. The molecule has 0 saturated heterocycles. The van der Waals surface area contributed by atoms with Gasteiger partial charge in [-0.1, -0.05) is 41.7 Å². The molecule has 0 unspecified atom stereocenters. The van der Waals surface area contributed by atoms with E-state index in [0.29, 0.717) is 9.83 Å². The Morgan fingerprint density at radius 3 is 2.74 bits per heavy atom. The van der Waals surface area contributed by atoms with Gasteiger partial charge < -0.3 is 0 Å². The van der Waals surface area contributed by atoms with E-state index in [1.807, 2.05) is 30.3 Å². The summed E-state index contributed by atoms with van der Waals surface area (Å²) in [6.45, 7) is 0. The summed E-state index contributed by atoms with van der Waals surface area (Å²) in [6.07, 6.45) is 1.61. The Morgan fingerprint density at radius 1 is 1.22 bits per heavy atom. The Kier molecular flexibility index (Phi) is 4.07. The monoisotopic (exact) mass is 326 g/mol. The maximum absolute atomic E-state index is 12.0. The third-order valence-corrected chi connectivity index (χ3v) is 3.94. The fourth-order valence-electron chi connectivity index (χ4n) is 1.92.